The zero-order chi connectivity index (χ0) is 12.4. The third-order valence-corrected chi connectivity index (χ3v) is 4.00. The molecule has 0 saturated carbocycles. The van der Waals surface area contributed by atoms with E-state index in [1.807, 2.05) is 12.4 Å². The molecule has 0 unspecified atom stereocenters. The first-order valence-corrected chi connectivity index (χ1v) is 7.15. The van der Waals surface area contributed by atoms with E-state index in [4.69, 9.17) is 4.52 Å². The van der Waals surface area contributed by atoms with Gasteiger partial charge in [-0.1, -0.05) is 5.16 Å². The minimum atomic E-state index is 0.453. The summed E-state index contributed by atoms with van der Waals surface area (Å²) in [5.74, 6) is 1.99. The molecule has 1 saturated heterocycles. The van der Waals surface area contributed by atoms with Crippen molar-refractivity contribution in [1.29, 1.82) is 0 Å². The molecule has 18 heavy (non-hydrogen) atoms. The minimum absolute atomic E-state index is 0.453. The molecule has 3 heterocycles. The highest BCUT2D eigenvalue weighted by molar-refractivity contribution is 7.07. The molecule has 0 bridgehead atoms. The fourth-order valence-electron chi connectivity index (χ4n) is 2.37. The van der Waals surface area contributed by atoms with Crippen molar-refractivity contribution < 1.29 is 4.52 Å². The zero-order valence-corrected chi connectivity index (χ0v) is 11.2. The van der Waals surface area contributed by atoms with Crippen molar-refractivity contribution in [3.8, 4) is 0 Å². The predicted octanol–water partition coefficient (Wildman–Crippen LogP) is 2.21. The van der Waals surface area contributed by atoms with E-state index in [2.05, 4.69) is 25.4 Å². The third-order valence-electron chi connectivity index (χ3n) is 3.37. The number of hydrogen-bond donors (Lipinski definition) is 0. The molecule has 1 aliphatic rings. The molecule has 0 atom stereocenters. The molecular weight excluding hydrogens is 248 g/mol. The summed E-state index contributed by atoms with van der Waals surface area (Å²) >= 11 is 1.66. The van der Waals surface area contributed by atoms with E-state index in [0.29, 0.717) is 11.8 Å². The summed E-state index contributed by atoms with van der Waals surface area (Å²) < 4.78 is 5.05. The number of likely N-dealkylation sites (tertiary alicyclic amines) is 1. The second-order valence-electron chi connectivity index (χ2n) is 4.70. The fraction of sp³-hybridized carbons (Fsp3) is 0.583. The van der Waals surface area contributed by atoms with Crippen LogP contribution in [0.2, 0.25) is 0 Å². The number of nitrogens with zero attached hydrogens (tertiary/aromatic N) is 4. The molecule has 2 aromatic heterocycles. The van der Waals surface area contributed by atoms with Gasteiger partial charge in [0.1, 0.15) is 0 Å². The first-order chi connectivity index (χ1) is 8.81. The van der Waals surface area contributed by atoms with E-state index in [9.17, 15) is 0 Å². The van der Waals surface area contributed by atoms with E-state index < -0.39 is 0 Å². The molecule has 3 rings (SSSR count). The first kappa shape index (κ1) is 11.8. The Morgan fingerprint density at radius 1 is 1.44 bits per heavy atom. The van der Waals surface area contributed by atoms with Crippen LogP contribution in [-0.2, 0) is 6.54 Å². The van der Waals surface area contributed by atoms with Gasteiger partial charge >= 0.3 is 0 Å². The summed E-state index contributed by atoms with van der Waals surface area (Å²) in [5, 5.41) is 6.14. The van der Waals surface area contributed by atoms with E-state index in [1.54, 1.807) is 11.3 Å². The van der Waals surface area contributed by atoms with Gasteiger partial charge in [0, 0.05) is 24.8 Å². The Morgan fingerprint density at radius 3 is 2.89 bits per heavy atom. The van der Waals surface area contributed by atoms with Crippen LogP contribution in [0.25, 0.3) is 0 Å². The van der Waals surface area contributed by atoms with Crippen LogP contribution in [0.3, 0.4) is 0 Å². The molecular formula is C12H16N4OS. The van der Waals surface area contributed by atoms with E-state index in [-0.39, 0.29) is 0 Å². The molecule has 5 nitrogen and oxygen atoms in total. The van der Waals surface area contributed by atoms with E-state index >= 15 is 0 Å². The number of thiazole rings is 1. The van der Waals surface area contributed by atoms with Crippen molar-refractivity contribution in [1.82, 2.24) is 20.0 Å². The van der Waals surface area contributed by atoms with Gasteiger partial charge in [-0.25, -0.2) is 4.98 Å². The second-order valence-corrected chi connectivity index (χ2v) is 5.42. The average molecular weight is 264 g/mol. The lowest BCUT2D eigenvalue weighted by Crippen LogP contribution is -2.32. The maximum Gasteiger partial charge on any atom is 0.223 e. The summed E-state index contributed by atoms with van der Waals surface area (Å²) in [6.07, 6.45) is 2.20. The van der Waals surface area contributed by atoms with Gasteiger partial charge in [-0.15, -0.1) is 11.3 Å². The third kappa shape index (κ3) is 2.59. The van der Waals surface area contributed by atoms with Crippen LogP contribution in [0.1, 0.15) is 36.2 Å². The average Bonchev–Trinajstić information content (AvgIpc) is 3.02. The smallest absolute Gasteiger partial charge is 0.223 e. The van der Waals surface area contributed by atoms with Crippen molar-refractivity contribution in [2.24, 2.45) is 0 Å². The quantitative estimate of drug-likeness (QED) is 0.850. The molecule has 0 N–H and O–H groups in total. The number of aromatic nitrogens is 3. The highest BCUT2D eigenvalue weighted by Crippen LogP contribution is 2.26. The van der Waals surface area contributed by atoms with E-state index in [0.717, 1.165) is 38.3 Å². The fourth-order valence-corrected chi connectivity index (χ4v) is 2.92. The number of aryl methyl sites for hydroxylation is 1. The van der Waals surface area contributed by atoms with Crippen molar-refractivity contribution in [2.75, 3.05) is 13.1 Å². The Hall–Kier alpha value is -1.27. The Morgan fingerprint density at radius 2 is 2.28 bits per heavy atom. The van der Waals surface area contributed by atoms with Gasteiger partial charge in [0.05, 0.1) is 11.2 Å². The lowest BCUT2D eigenvalue weighted by molar-refractivity contribution is 0.198. The number of hydrogen-bond acceptors (Lipinski definition) is 6. The van der Waals surface area contributed by atoms with Crippen molar-refractivity contribution >= 4 is 11.3 Å². The molecule has 1 fully saturated rings. The monoisotopic (exact) mass is 264 g/mol. The minimum Gasteiger partial charge on any atom is -0.340 e. The second kappa shape index (κ2) is 5.16. The standard InChI is InChI=1S/C12H16N4OS/c1-9-14-12(15-17-9)10-2-4-16(5-3-10)6-11-7-18-8-13-11/h7-8,10H,2-6H2,1H3. The van der Waals surface area contributed by atoms with Gasteiger partial charge in [-0.3, -0.25) is 4.90 Å². The van der Waals surface area contributed by atoms with Crippen molar-refractivity contribution in [3.05, 3.63) is 28.3 Å². The Bertz CT molecular complexity index is 488. The largest absolute Gasteiger partial charge is 0.340 e. The zero-order valence-electron chi connectivity index (χ0n) is 10.4. The lowest BCUT2D eigenvalue weighted by atomic mass is 9.96. The molecule has 0 aliphatic carbocycles. The van der Waals surface area contributed by atoms with Gasteiger partial charge in [0.2, 0.25) is 5.89 Å². The molecule has 2 aromatic rings. The van der Waals surface area contributed by atoms with Crippen LogP contribution < -0.4 is 0 Å². The SMILES string of the molecule is Cc1nc(C2CCN(Cc3cscn3)CC2)no1. The van der Waals surface area contributed by atoms with Gasteiger partial charge in [0.15, 0.2) is 5.82 Å². The lowest BCUT2D eigenvalue weighted by Gasteiger charge is -2.29. The molecule has 0 radical (unpaired) electrons. The van der Waals surface area contributed by atoms with Crippen LogP contribution >= 0.6 is 11.3 Å². The summed E-state index contributed by atoms with van der Waals surface area (Å²) in [6, 6.07) is 0. The van der Waals surface area contributed by atoms with Crippen LogP contribution in [-0.4, -0.2) is 33.1 Å². The van der Waals surface area contributed by atoms with Crippen LogP contribution in [0, 0.1) is 6.92 Å². The highest BCUT2D eigenvalue weighted by atomic mass is 32.1. The Kier molecular flexibility index (Phi) is 3.38. The first-order valence-electron chi connectivity index (χ1n) is 6.21. The molecule has 0 spiro atoms. The van der Waals surface area contributed by atoms with Gasteiger partial charge in [0.25, 0.3) is 0 Å². The van der Waals surface area contributed by atoms with Gasteiger partial charge in [-0.2, -0.15) is 4.98 Å². The summed E-state index contributed by atoms with van der Waals surface area (Å²) in [5.41, 5.74) is 3.07. The van der Waals surface area contributed by atoms with Crippen molar-refractivity contribution in [2.45, 2.75) is 32.2 Å². The molecule has 96 valence electrons. The molecule has 1 aliphatic heterocycles. The van der Waals surface area contributed by atoms with Crippen LogP contribution in [0.15, 0.2) is 15.4 Å². The summed E-state index contributed by atoms with van der Waals surface area (Å²) in [4.78, 5) is 11.1. The Balaban J connectivity index is 1.55. The number of rotatable bonds is 3. The van der Waals surface area contributed by atoms with Crippen molar-refractivity contribution in [3.63, 3.8) is 0 Å². The topological polar surface area (TPSA) is 55.1 Å². The van der Waals surface area contributed by atoms with Gasteiger partial charge < -0.3 is 4.52 Å². The molecule has 0 aromatic carbocycles. The highest BCUT2D eigenvalue weighted by Gasteiger charge is 2.24. The normalized spacial score (nSPS) is 18.3. The summed E-state index contributed by atoms with van der Waals surface area (Å²) in [6.45, 7) is 4.96. The molecule has 0 amide bonds. The van der Waals surface area contributed by atoms with E-state index in [1.165, 1.54) is 5.69 Å². The summed E-state index contributed by atoms with van der Waals surface area (Å²) in [7, 11) is 0. The maximum absolute atomic E-state index is 5.05. The van der Waals surface area contributed by atoms with Gasteiger partial charge in [-0.05, 0) is 25.9 Å². The Labute approximate surface area is 110 Å². The molecule has 6 heteroatoms. The van der Waals surface area contributed by atoms with Crippen LogP contribution in [0.4, 0.5) is 0 Å². The number of piperidine rings is 1. The maximum atomic E-state index is 5.05. The predicted molar refractivity (Wildman–Crippen MR) is 68.4 cm³/mol. The van der Waals surface area contributed by atoms with Crippen LogP contribution in [0.5, 0.6) is 0 Å².